The van der Waals surface area contributed by atoms with Crippen molar-refractivity contribution in [2.75, 3.05) is 19.6 Å². The van der Waals surface area contributed by atoms with Crippen molar-refractivity contribution < 1.29 is 0 Å². The van der Waals surface area contributed by atoms with Crippen LogP contribution in [0, 0.1) is 0 Å². The Kier molecular flexibility index (Phi) is 6.30. The van der Waals surface area contributed by atoms with Crippen LogP contribution in [0.15, 0.2) is 18.5 Å². The molecule has 0 bridgehead atoms. The lowest BCUT2D eigenvalue weighted by molar-refractivity contribution is 0.290. The second kappa shape index (κ2) is 7.51. The molecule has 0 aliphatic rings. The number of hydrogen-bond acceptors (Lipinski definition) is 2. The van der Waals surface area contributed by atoms with Crippen molar-refractivity contribution in [1.29, 1.82) is 0 Å². The molecular weight excluding hydrogens is 210 g/mol. The zero-order valence-corrected chi connectivity index (χ0v) is 11.7. The van der Waals surface area contributed by atoms with Crippen LogP contribution in [0.5, 0.6) is 0 Å². The van der Waals surface area contributed by atoms with Crippen molar-refractivity contribution >= 4 is 0 Å². The molecule has 0 radical (unpaired) electrons. The average Bonchev–Trinajstić information content (AvgIpc) is 2.76. The number of nitrogens with zero attached hydrogens (tertiary/aromatic N) is 2. The molecule has 17 heavy (non-hydrogen) atoms. The maximum absolute atomic E-state index is 3.44. The maximum Gasteiger partial charge on any atom is 0.0347 e. The first-order chi connectivity index (χ1) is 8.15. The van der Waals surface area contributed by atoms with Crippen LogP contribution in [0.25, 0.3) is 0 Å². The van der Waals surface area contributed by atoms with Crippen LogP contribution in [0.1, 0.15) is 33.3 Å². The Hall–Kier alpha value is -0.800. The molecule has 1 N–H and O–H groups in total. The second-order valence-electron chi connectivity index (χ2n) is 4.82. The number of likely N-dealkylation sites (N-methyl/N-ethyl adjacent to an activating group) is 1. The fourth-order valence-corrected chi connectivity index (χ4v) is 1.85. The third-order valence-corrected chi connectivity index (χ3v) is 3.10. The topological polar surface area (TPSA) is 20.2 Å². The highest BCUT2D eigenvalue weighted by Gasteiger charge is 2.01. The molecule has 0 fully saturated rings. The lowest BCUT2D eigenvalue weighted by Gasteiger charge is -2.17. The molecule has 0 atom stereocenters. The summed E-state index contributed by atoms with van der Waals surface area (Å²) in [6.07, 6.45) is 4.43. The first-order valence-corrected chi connectivity index (χ1v) is 6.76. The smallest absolute Gasteiger partial charge is 0.0347 e. The second-order valence-corrected chi connectivity index (χ2v) is 4.82. The Labute approximate surface area is 106 Å². The molecule has 0 aliphatic heterocycles. The molecule has 0 spiro atoms. The molecule has 0 saturated heterocycles. The normalized spacial score (nSPS) is 11.6. The van der Waals surface area contributed by atoms with Crippen LogP contribution < -0.4 is 5.32 Å². The van der Waals surface area contributed by atoms with Gasteiger partial charge in [0, 0.05) is 38.1 Å². The fraction of sp³-hybridized carbons (Fsp3) is 0.714. The van der Waals surface area contributed by atoms with Gasteiger partial charge in [-0.1, -0.05) is 27.7 Å². The molecule has 0 amide bonds. The standard InChI is InChI=1S/C14H27N3/c1-5-16(6-2)9-10-17-8-7-14(12-17)11-15-13(3)4/h7-8,12-13,15H,5-6,9-11H2,1-4H3. The summed E-state index contributed by atoms with van der Waals surface area (Å²) < 4.78 is 2.29. The predicted molar refractivity (Wildman–Crippen MR) is 74.2 cm³/mol. The number of hydrogen-bond donors (Lipinski definition) is 1. The summed E-state index contributed by atoms with van der Waals surface area (Å²) >= 11 is 0. The highest BCUT2D eigenvalue weighted by Crippen LogP contribution is 2.02. The highest BCUT2D eigenvalue weighted by atomic mass is 15.1. The van der Waals surface area contributed by atoms with Gasteiger partial charge < -0.3 is 14.8 Å². The van der Waals surface area contributed by atoms with E-state index >= 15 is 0 Å². The van der Waals surface area contributed by atoms with Gasteiger partial charge in [0.2, 0.25) is 0 Å². The van der Waals surface area contributed by atoms with Crippen molar-refractivity contribution in [2.24, 2.45) is 0 Å². The maximum atomic E-state index is 3.44. The SMILES string of the molecule is CCN(CC)CCn1ccc(CNC(C)C)c1. The van der Waals surface area contributed by atoms with Crippen molar-refractivity contribution in [3.63, 3.8) is 0 Å². The minimum absolute atomic E-state index is 0.550. The summed E-state index contributed by atoms with van der Waals surface area (Å²) in [6, 6.07) is 2.76. The lowest BCUT2D eigenvalue weighted by atomic mass is 10.3. The zero-order chi connectivity index (χ0) is 12.7. The summed E-state index contributed by atoms with van der Waals surface area (Å²) in [5.41, 5.74) is 1.37. The molecule has 0 unspecified atom stereocenters. The molecule has 1 heterocycles. The molecule has 3 heteroatoms. The zero-order valence-electron chi connectivity index (χ0n) is 11.7. The van der Waals surface area contributed by atoms with E-state index in [0.29, 0.717) is 6.04 Å². The van der Waals surface area contributed by atoms with E-state index in [2.05, 4.69) is 60.9 Å². The van der Waals surface area contributed by atoms with Crippen LogP contribution in [0.3, 0.4) is 0 Å². The summed E-state index contributed by atoms with van der Waals surface area (Å²) in [5.74, 6) is 0. The molecular formula is C14H27N3. The summed E-state index contributed by atoms with van der Waals surface area (Å²) in [6.45, 7) is 14.3. The van der Waals surface area contributed by atoms with Crippen molar-refractivity contribution in [1.82, 2.24) is 14.8 Å². The van der Waals surface area contributed by atoms with E-state index in [4.69, 9.17) is 0 Å². The van der Waals surface area contributed by atoms with E-state index in [1.165, 1.54) is 5.56 Å². The molecule has 98 valence electrons. The number of rotatable bonds is 8. The third kappa shape index (κ3) is 5.37. The Morgan fingerprint density at radius 3 is 2.59 bits per heavy atom. The van der Waals surface area contributed by atoms with Gasteiger partial charge in [-0.15, -0.1) is 0 Å². The van der Waals surface area contributed by atoms with Crippen molar-refractivity contribution in [2.45, 2.75) is 46.8 Å². The summed E-state index contributed by atoms with van der Waals surface area (Å²) in [4.78, 5) is 2.45. The van der Waals surface area contributed by atoms with Gasteiger partial charge in [0.05, 0.1) is 0 Å². The Morgan fingerprint density at radius 1 is 1.29 bits per heavy atom. The van der Waals surface area contributed by atoms with Crippen LogP contribution in [0.4, 0.5) is 0 Å². The van der Waals surface area contributed by atoms with E-state index in [1.54, 1.807) is 0 Å². The van der Waals surface area contributed by atoms with E-state index in [0.717, 1.165) is 32.7 Å². The highest BCUT2D eigenvalue weighted by molar-refractivity contribution is 5.10. The van der Waals surface area contributed by atoms with E-state index < -0.39 is 0 Å². The van der Waals surface area contributed by atoms with Crippen LogP contribution in [-0.2, 0) is 13.1 Å². The van der Waals surface area contributed by atoms with Crippen molar-refractivity contribution in [3.05, 3.63) is 24.0 Å². The van der Waals surface area contributed by atoms with Gasteiger partial charge in [0.25, 0.3) is 0 Å². The van der Waals surface area contributed by atoms with Gasteiger partial charge in [-0.2, -0.15) is 0 Å². The Bertz CT molecular complexity index is 300. The largest absolute Gasteiger partial charge is 0.353 e. The first-order valence-electron chi connectivity index (χ1n) is 6.76. The van der Waals surface area contributed by atoms with Crippen LogP contribution in [0.2, 0.25) is 0 Å². The van der Waals surface area contributed by atoms with Crippen LogP contribution in [-0.4, -0.2) is 35.1 Å². The van der Waals surface area contributed by atoms with Gasteiger partial charge in [-0.25, -0.2) is 0 Å². The van der Waals surface area contributed by atoms with Gasteiger partial charge in [0.1, 0.15) is 0 Å². The first kappa shape index (κ1) is 14.3. The average molecular weight is 237 g/mol. The number of nitrogens with one attached hydrogen (secondary N) is 1. The van der Waals surface area contributed by atoms with E-state index in [1.807, 2.05) is 0 Å². The van der Waals surface area contributed by atoms with Crippen LogP contribution >= 0.6 is 0 Å². The molecule has 1 aromatic heterocycles. The van der Waals surface area contributed by atoms with E-state index in [-0.39, 0.29) is 0 Å². The van der Waals surface area contributed by atoms with Crippen molar-refractivity contribution in [3.8, 4) is 0 Å². The quantitative estimate of drug-likeness (QED) is 0.749. The third-order valence-electron chi connectivity index (χ3n) is 3.10. The molecule has 0 aromatic carbocycles. The Morgan fingerprint density at radius 2 is 2.00 bits per heavy atom. The summed E-state index contributed by atoms with van der Waals surface area (Å²) in [5, 5.41) is 3.44. The summed E-state index contributed by atoms with van der Waals surface area (Å²) in [7, 11) is 0. The molecule has 1 rings (SSSR count). The molecule has 3 nitrogen and oxygen atoms in total. The van der Waals surface area contributed by atoms with Gasteiger partial charge in [-0.05, 0) is 24.7 Å². The van der Waals surface area contributed by atoms with E-state index in [9.17, 15) is 0 Å². The number of aromatic nitrogens is 1. The fourth-order valence-electron chi connectivity index (χ4n) is 1.85. The minimum atomic E-state index is 0.550. The van der Waals surface area contributed by atoms with Gasteiger partial charge in [-0.3, -0.25) is 0 Å². The molecule has 0 saturated carbocycles. The van der Waals surface area contributed by atoms with Gasteiger partial charge >= 0.3 is 0 Å². The Balaban J connectivity index is 2.35. The van der Waals surface area contributed by atoms with Gasteiger partial charge in [0.15, 0.2) is 0 Å². The monoisotopic (exact) mass is 237 g/mol. The minimum Gasteiger partial charge on any atom is -0.353 e. The molecule has 1 aromatic rings. The lowest BCUT2D eigenvalue weighted by Crippen LogP contribution is -2.26. The predicted octanol–water partition coefficient (Wildman–Crippen LogP) is 2.33. The molecule has 0 aliphatic carbocycles.